The van der Waals surface area contributed by atoms with Crippen molar-refractivity contribution in [2.24, 2.45) is 0 Å². The number of nitrogens with zero attached hydrogens (tertiary/aromatic N) is 1. The average Bonchev–Trinajstić information content (AvgIpc) is 3.82. The van der Waals surface area contributed by atoms with Gasteiger partial charge in [-0.2, -0.15) is 0 Å². The van der Waals surface area contributed by atoms with Gasteiger partial charge in [-0.05, 0) is 123 Å². The SMILES string of the molecule is CC1(C)c2ccccc2-c2ccc(-c3ccc(N(c4ccccc4)c4cccc5oc6ccc(C7(C)c8ccccc8-c8ccccc87)cc6c45)cc3)cc21. The van der Waals surface area contributed by atoms with Crippen LogP contribution in [0.5, 0.6) is 0 Å². The molecule has 262 valence electrons. The monoisotopic (exact) mass is 705 g/mol. The van der Waals surface area contributed by atoms with Crippen LogP contribution in [-0.4, -0.2) is 0 Å². The average molecular weight is 706 g/mol. The molecular formula is C53H39NO. The molecule has 0 fully saturated rings. The summed E-state index contributed by atoms with van der Waals surface area (Å²) in [5, 5.41) is 2.22. The van der Waals surface area contributed by atoms with E-state index in [2.05, 4.69) is 208 Å². The highest BCUT2D eigenvalue weighted by Gasteiger charge is 2.41. The van der Waals surface area contributed by atoms with E-state index in [1.54, 1.807) is 0 Å². The molecule has 1 aromatic heterocycles. The summed E-state index contributed by atoms with van der Waals surface area (Å²) >= 11 is 0. The van der Waals surface area contributed by atoms with Crippen molar-refractivity contribution >= 4 is 39.0 Å². The molecule has 0 N–H and O–H groups in total. The molecule has 11 rings (SSSR count). The molecule has 8 aromatic carbocycles. The molecule has 0 spiro atoms. The van der Waals surface area contributed by atoms with Gasteiger partial charge in [-0.25, -0.2) is 0 Å². The van der Waals surface area contributed by atoms with Crippen LogP contribution < -0.4 is 4.90 Å². The van der Waals surface area contributed by atoms with Gasteiger partial charge in [0.1, 0.15) is 11.2 Å². The molecule has 0 aliphatic heterocycles. The van der Waals surface area contributed by atoms with Gasteiger partial charge in [0, 0.05) is 27.6 Å². The summed E-state index contributed by atoms with van der Waals surface area (Å²) in [6.45, 7) is 7.06. The van der Waals surface area contributed by atoms with Crippen molar-refractivity contribution < 1.29 is 4.42 Å². The smallest absolute Gasteiger partial charge is 0.137 e. The molecule has 0 atom stereocenters. The molecule has 0 amide bonds. The van der Waals surface area contributed by atoms with Crippen LogP contribution >= 0.6 is 0 Å². The Labute approximate surface area is 322 Å². The van der Waals surface area contributed by atoms with Crippen molar-refractivity contribution in [2.75, 3.05) is 4.90 Å². The van der Waals surface area contributed by atoms with Crippen molar-refractivity contribution in [3.63, 3.8) is 0 Å². The molecule has 9 aromatic rings. The van der Waals surface area contributed by atoms with Crippen LogP contribution in [0.3, 0.4) is 0 Å². The fraction of sp³-hybridized carbons (Fsp3) is 0.0943. The second-order valence-electron chi connectivity index (χ2n) is 15.8. The summed E-state index contributed by atoms with van der Waals surface area (Å²) in [6.07, 6.45) is 0. The van der Waals surface area contributed by atoms with E-state index in [9.17, 15) is 0 Å². The number of anilines is 3. The molecular weight excluding hydrogens is 667 g/mol. The molecule has 0 saturated heterocycles. The minimum atomic E-state index is -0.301. The van der Waals surface area contributed by atoms with Crippen LogP contribution in [0.1, 0.15) is 48.6 Å². The largest absolute Gasteiger partial charge is 0.456 e. The van der Waals surface area contributed by atoms with Gasteiger partial charge >= 0.3 is 0 Å². The van der Waals surface area contributed by atoms with Gasteiger partial charge in [0.2, 0.25) is 0 Å². The van der Waals surface area contributed by atoms with Crippen molar-refractivity contribution in [1.82, 2.24) is 0 Å². The molecule has 0 bridgehead atoms. The van der Waals surface area contributed by atoms with Crippen LogP contribution in [-0.2, 0) is 10.8 Å². The van der Waals surface area contributed by atoms with Gasteiger partial charge in [0.15, 0.2) is 0 Å². The maximum atomic E-state index is 6.63. The van der Waals surface area contributed by atoms with Crippen LogP contribution in [0.15, 0.2) is 186 Å². The van der Waals surface area contributed by atoms with Crippen LogP contribution in [0.2, 0.25) is 0 Å². The minimum absolute atomic E-state index is 0.0418. The molecule has 2 heteroatoms. The van der Waals surface area contributed by atoms with E-state index in [1.807, 2.05) is 0 Å². The van der Waals surface area contributed by atoms with Gasteiger partial charge in [-0.15, -0.1) is 0 Å². The lowest BCUT2D eigenvalue weighted by atomic mass is 9.74. The highest BCUT2D eigenvalue weighted by molar-refractivity contribution is 6.13. The fourth-order valence-electron chi connectivity index (χ4n) is 9.76. The highest BCUT2D eigenvalue weighted by Crippen LogP contribution is 2.54. The van der Waals surface area contributed by atoms with Crippen molar-refractivity contribution in [3.05, 3.63) is 210 Å². The van der Waals surface area contributed by atoms with Gasteiger partial charge in [-0.1, -0.05) is 141 Å². The van der Waals surface area contributed by atoms with Crippen molar-refractivity contribution in [1.29, 1.82) is 0 Å². The zero-order valence-corrected chi connectivity index (χ0v) is 31.2. The topological polar surface area (TPSA) is 16.4 Å². The lowest BCUT2D eigenvalue weighted by Gasteiger charge is -2.28. The zero-order valence-electron chi connectivity index (χ0n) is 31.2. The first kappa shape index (κ1) is 31.8. The molecule has 1 heterocycles. The predicted molar refractivity (Wildman–Crippen MR) is 229 cm³/mol. The third-order valence-electron chi connectivity index (χ3n) is 12.6. The Kier molecular flexibility index (Phi) is 6.76. The Morgan fingerprint density at radius 3 is 1.71 bits per heavy atom. The Balaban J connectivity index is 1.05. The lowest BCUT2D eigenvalue weighted by molar-refractivity contribution is 0.660. The van der Waals surface area contributed by atoms with Crippen LogP contribution in [0, 0.1) is 0 Å². The number of para-hydroxylation sites is 1. The van der Waals surface area contributed by atoms with Crippen molar-refractivity contribution in [3.8, 4) is 33.4 Å². The number of hydrogen-bond donors (Lipinski definition) is 0. The van der Waals surface area contributed by atoms with Gasteiger partial charge < -0.3 is 9.32 Å². The Morgan fingerprint density at radius 2 is 1.00 bits per heavy atom. The third-order valence-corrected chi connectivity index (χ3v) is 12.6. The highest BCUT2D eigenvalue weighted by atomic mass is 16.3. The van der Waals surface area contributed by atoms with Crippen LogP contribution in [0.25, 0.3) is 55.3 Å². The van der Waals surface area contributed by atoms with Gasteiger partial charge in [0.25, 0.3) is 0 Å². The molecule has 2 nitrogen and oxygen atoms in total. The van der Waals surface area contributed by atoms with E-state index in [1.165, 1.54) is 61.2 Å². The normalized spacial score (nSPS) is 14.4. The fourth-order valence-corrected chi connectivity index (χ4v) is 9.76. The van der Waals surface area contributed by atoms with Gasteiger partial charge in [-0.3, -0.25) is 0 Å². The first-order valence-electron chi connectivity index (χ1n) is 19.3. The lowest BCUT2D eigenvalue weighted by Crippen LogP contribution is -2.22. The van der Waals surface area contributed by atoms with E-state index in [0.717, 1.165) is 39.0 Å². The van der Waals surface area contributed by atoms with E-state index in [4.69, 9.17) is 4.42 Å². The van der Waals surface area contributed by atoms with Crippen molar-refractivity contribution in [2.45, 2.75) is 31.6 Å². The summed E-state index contributed by atoms with van der Waals surface area (Å²) < 4.78 is 6.63. The second kappa shape index (κ2) is 11.7. The maximum absolute atomic E-state index is 6.63. The molecule has 0 radical (unpaired) electrons. The first-order chi connectivity index (χ1) is 26.9. The quantitative estimate of drug-likeness (QED) is 0.177. The first-order valence-corrected chi connectivity index (χ1v) is 19.3. The third kappa shape index (κ3) is 4.55. The van der Waals surface area contributed by atoms with E-state index >= 15 is 0 Å². The number of furan rings is 1. The van der Waals surface area contributed by atoms with E-state index in [-0.39, 0.29) is 10.8 Å². The molecule has 55 heavy (non-hydrogen) atoms. The minimum Gasteiger partial charge on any atom is -0.456 e. The standard InChI is InChI=1S/C53H39NO/c1-52(2)44-19-10-7-16-39(44)42-30-26-35(32-47(42)52)34-24-28-38(29-25-34)54(37-14-5-4-6-15-37)48-22-13-23-50-51(48)43-33-36(27-31-49(43)55-50)53(3)45-20-11-8-17-40(45)41-18-9-12-21-46(41)53/h4-33H,1-3H3. The molecule has 0 unspecified atom stereocenters. The zero-order chi connectivity index (χ0) is 36.9. The molecule has 2 aliphatic carbocycles. The Hall–Kier alpha value is -6.64. The summed E-state index contributed by atoms with van der Waals surface area (Å²) in [7, 11) is 0. The number of hydrogen-bond acceptors (Lipinski definition) is 2. The van der Waals surface area contributed by atoms with Gasteiger partial charge in [0.05, 0.1) is 11.1 Å². The summed E-state index contributed by atoms with van der Waals surface area (Å²) in [6, 6.07) is 66.5. The Morgan fingerprint density at radius 1 is 0.418 bits per heavy atom. The summed E-state index contributed by atoms with van der Waals surface area (Å²) in [4.78, 5) is 2.37. The molecule has 0 saturated carbocycles. The number of fused-ring (bicyclic) bond motifs is 9. The number of benzene rings is 8. The number of rotatable bonds is 5. The predicted octanol–water partition coefficient (Wildman–Crippen LogP) is 14.4. The summed E-state index contributed by atoms with van der Waals surface area (Å²) in [5.74, 6) is 0. The maximum Gasteiger partial charge on any atom is 0.137 e. The Bertz CT molecular complexity index is 2920. The summed E-state index contributed by atoms with van der Waals surface area (Å²) in [5.41, 5.74) is 19.2. The second-order valence-corrected chi connectivity index (χ2v) is 15.8. The van der Waals surface area contributed by atoms with Crippen LogP contribution in [0.4, 0.5) is 17.1 Å². The molecule has 2 aliphatic rings. The van der Waals surface area contributed by atoms with E-state index < -0.39 is 0 Å². The van der Waals surface area contributed by atoms with E-state index in [0.29, 0.717) is 0 Å².